The smallest absolute Gasteiger partial charge is 0.317 e. The summed E-state index contributed by atoms with van der Waals surface area (Å²) in [5.41, 5.74) is 0.888. The third-order valence-corrected chi connectivity index (χ3v) is 3.71. The van der Waals surface area contributed by atoms with Gasteiger partial charge in [0.05, 0.1) is 6.04 Å². The standard InChI is InChI=1S/C16H23N3O2/c1-3-4-10-18(2)16(21)17-13-11-15(20)19(12-13)14-8-6-5-7-9-14/h5-9,13H,3-4,10-12H2,1-2H3,(H,17,21)/t13-/m1/s1. The lowest BCUT2D eigenvalue weighted by Gasteiger charge is -2.21. The Morgan fingerprint density at radius 2 is 2.10 bits per heavy atom. The van der Waals surface area contributed by atoms with E-state index in [0.717, 1.165) is 25.1 Å². The van der Waals surface area contributed by atoms with Gasteiger partial charge in [-0.25, -0.2) is 4.79 Å². The highest BCUT2D eigenvalue weighted by molar-refractivity contribution is 5.96. The van der Waals surface area contributed by atoms with E-state index < -0.39 is 0 Å². The molecule has 1 aromatic rings. The third kappa shape index (κ3) is 3.97. The number of rotatable bonds is 5. The molecule has 1 aromatic carbocycles. The molecule has 0 aromatic heterocycles. The molecule has 0 spiro atoms. The number of urea groups is 1. The molecule has 5 heteroatoms. The summed E-state index contributed by atoms with van der Waals surface area (Å²) in [7, 11) is 1.79. The average molecular weight is 289 g/mol. The van der Waals surface area contributed by atoms with E-state index in [9.17, 15) is 9.59 Å². The molecule has 21 heavy (non-hydrogen) atoms. The van der Waals surface area contributed by atoms with Gasteiger partial charge in [0.1, 0.15) is 0 Å². The highest BCUT2D eigenvalue weighted by Crippen LogP contribution is 2.21. The lowest BCUT2D eigenvalue weighted by molar-refractivity contribution is -0.117. The number of para-hydroxylation sites is 1. The van der Waals surface area contributed by atoms with Crippen molar-refractivity contribution in [1.29, 1.82) is 0 Å². The minimum absolute atomic E-state index is 0.0581. The van der Waals surface area contributed by atoms with Crippen LogP contribution < -0.4 is 10.2 Å². The fourth-order valence-corrected chi connectivity index (χ4v) is 2.44. The van der Waals surface area contributed by atoms with E-state index in [0.29, 0.717) is 13.0 Å². The van der Waals surface area contributed by atoms with Crippen LogP contribution in [0.2, 0.25) is 0 Å². The maximum absolute atomic E-state index is 12.1. The largest absolute Gasteiger partial charge is 0.333 e. The SMILES string of the molecule is CCCCN(C)C(=O)N[C@@H]1CC(=O)N(c2ccccc2)C1. The number of carbonyl (C=O) groups excluding carboxylic acids is 2. The number of amides is 3. The van der Waals surface area contributed by atoms with Gasteiger partial charge in [-0.2, -0.15) is 0 Å². The van der Waals surface area contributed by atoms with Gasteiger partial charge in [-0.1, -0.05) is 31.5 Å². The summed E-state index contributed by atoms with van der Waals surface area (Å²) in [6.45, 7) is 3.38. The number of anilines is 1. The number of nitrogens with zero attached hydrogens (tertiary/aromatic N) is 2. The summed E-state index contributed by atoms with van der Waals surface area (Å²) in [6.07, 6.45) is 2.41. The maximum atomic E-state index is 12.1. The van der Waals surface area contributed by atoms with Gasteiger partial charge >= 0.3 is 6.03 Å². The van der Waals surface area contributed by atoms with Crippen molar-refractivity contribution < 1.29 is 9.59 Å². The second kappa shape index (κ2) is 7.11. The molecule has 1 aliphatic heterocycles. The Hall–Kier alpha value is -2.04. The highest BCUT2D eigenvalue weighted by Gasteiger charge is 2.31. The lowest BCUT2D eigenvalue weighted by Crippen LogP contribution is -2.44. The van der Waals surface area contributed by atoms with Gasteiger partial charge in [-0.05, 0) is 18.6 Å². The van der Waals surface area contributed by atoms with Crippen LogP contribution in [-0.4, -0.2) is 43.0 Å². The second-order valence-electron chi connectivity index (χ2n) is 5.47. The van der Waals surface area contributed by atoms with Gasteiger partial charge in [0.2, 0.25) is 5.91 Å². The van der Waals surface area contributed by atoms with Crippen LogP contribution in [0.1, 0.15) is 26.2 Å². The van der Waals surface area contributed by atoms with Crippen LogP contribution in [0, 0.1) is 0 Å². The molecule has 114 valence electrons. The molecular formula is C16H23N3O2. The molecule has 1 atom stereocenters. The van der Waals surface area contributed by atoms with Gasteiger partial charge in [0, 0.05) is 32.2 Å². The van der Waals surface area contributed by atoms with Crippen molar-refractivity contribution in [3.63, 3.8) is 0 Å². The molecule has 3 amide bonds. The van der Waals surface area contributed by atoms with Gasteiger partial charge in [-0.15, -0.1) is 0 Å². The first kappa shape index (κ1) is 15.4. The Bertz CT molecular complexity index is 490. The number of hydrogen-bond acceptors (Lipinski definition) is 2. The molecular weight excluding hydrogens is 266 g/mol. The zero-order chi connectivity index (χ0) is 15.2. The molecule has 5 nitrogen and oxygen atoms in total. The number of carbonyl (C=O) groups is 2. The molecule has 0 unspecified atom stereocenters. The number of benzene rings is 1. The van der Waals surface area contributed by atoms with Crippen LogP contribution in [0.3, 0.4) is 0 Å². The first-order valence-corrected chi connectivity index (χ1v) is 7.49. The Kier molecular flexibility index (Phi) is 5.20. The van der Waals surface area contributed by atoms with Crippen molar-refractivity contribution in [1.82, 2.24) is 10.2 Å². The molecule has 1 heterocycles. The third-order valence-electron chi connectivity index (χ3n) is 3.71. The zero-order valence-corrected chi connectivity index (χ0v) is 12.7. The van der Waals surface area contributed by atoms with E-state index in [2.05, 4.69) is 12.2 Å². The van der Waals surface area contributed by atoms with E-state index in [1.165, 1.54) is 0 Å². The molecule has 1 N–H and O–H groups in total. The molecule has 0 aliphatic carbocycles. The summed E-state index contributed by atoms with van der Waals surface area (Å²) in [4.78, 5) is 27.5. The van der Waals surface area contributed by atoms with Crippen LogP contribution in [-0.2, 0) is 4.79 Å². The minimum atomic E-state index is -0.116. The molecule has 1 saturated heterocycles. The predicted octanol–water partition coefficient (Wildman–Crippen LogP) is 2.23. The number of hydrogen-bond donors (Lipinski definition) is 1. The maximum Gasteiger partial charge on any atom is 0.317 e. The van der Waals surface area contributed by atoms with Crippen LogP contribution in [0.25, 0.3) is 0 Å². The summed E-state index contributed by atoms with van der Waals surface area (Å²) in [5, 5.41) is 2.94. The number of nitrogens with one attached hydrogen (secondary N) is 1. The van der Waals surface area contributed by atoms with Gasteiger partial charge in [0.25, 0.3) is 0 Å². The van der Waals surface area contributed by atoms with E-state index in [4.69, 9.17) is 0 Å². The minimum Gasteiger partial charge on any atom is -0.333 e. The van der Waals surface area contributed by atoms with Crippen molar-refractivity contribution >= 4 is 17.6 Å². The average Bonchev–Trinajstić information content (AvgIpc) is 2.86. The lowest BCUT2D eigenvalue weighted by atomic mass is 10.2. The van der Waals surface area contributed by atoms with Gasteiger partial charge < -0.3 is 15.1 Å². The fourth-order valence-electron chi connectivity index (χ4n) is 2.44. The van der Waals surface area contributed by atoms with Crippen LogP contribution in [0.4, 0.5) is 10.5 Å². The Labute approximate surface area is 125 Å². The van der Waals surface area contributed by atoms with Gasteiger partial charge in [-0.3, -0.25) is 4.79 Å². The molecule has 1 aliphatic rings. The molecule has 0 radical (unpaired) electrons. The topological polar surface area (TPSA) is 52.7 Å². The first-order chi connectivity index (χ1) is 10.1. The quantitative estimate of drug-likeness (QED) is 0.903. The van der Waals surface area contributed by atoms with Crippen molar-refractivity contribution in [2.24, 2.45) is 0 Å². The Balaban J connectivity index is 1.89. The summed E-state index contributed by atoms with van der Waals surface area (Å²) >= 11 is 0. The van der Waals surface area contributed by atoms with Crippen LogP contribution >= 0.6 is 0 Å². The molecule has 0 bridgehead atoms. The zero-order valence-electron chi connectivity index (χ0n) is 12.7. The van der Waals surface area contributed by atoms with E-state index in [1.807, 2.05) is 30.3 Å². The van der Waals surface area contributed by atoms with E-state index in [-0.39, 0.29) is 18.0 Å². The van der Waals surface area contributed by atoms with Crippen molar-refractivity contribution in [2.75, 3.05) is 25.0 Å². The second-order valence-corrected chi connectivity index (χ2v) is 5.47. The summed E-state index contributed by atoms with van der Waals surface area (Å²) in [6, 6.07) is 9.35. The Morgan fingerprint density at radius 3 is 2.76 bits per heavy atom. The fraction of sp³-hybridized carbons (Fsp3) is 0.500. The van der Waals surface area contributed by atoms with E-state index >= 15 is 0 Å². The highest BCUT2D eigenvalue weighted by atomic mass is 16.2. The summed E-state index contributed by atoms with van der Waals surface area (Å²) in [5.74, 6) is 0.0581. The van der Waals surface area contributed by atoms with Crippen LogP contribution in [0.15, 0.2) is 30.3 Å². The normalized spacial score (nSPS) is 17.9. The van der Waals surface area contributed by atoms with Gasteiger partial charge in [0.15, 0.2) is 0 Å². The van der Waals surface area contributed by atoms with Crippen molar-refractivity contribution in [2.45, 2.75) is 32.2 Å². The molecule has 2 rings (SSSR count). The van der Waals surface area contributed by atoms with Crippen LogP contribution in [0.5, 0.6) is 0 Å². The summed E-state index contributed by atoms with van der Waals surface area (Å²) < 4.78 is 0. The Morgan fingerprint density at radius 1 is 1.38 bits per heavy atom. The first-order valence-electron chi connectivity index (χ1n) is 7.49. The number of unbranched alkanes of at least 4 members (excludes halogenated alkanes) is 1. The molecule has 1 fully saturated rings. The molecule has 0 saturated carbocycles. The van der Waals surface area contributed by atoms with Crippen molar-refractivity contribution in [3.8, 4) is 0 Å². The van der Waals surface area contributed by atoms with E-state index in [1.54, 1.807) is 16.8 Å². The van der Waals surface area contributed by atoms with Crippen molar-refractivity contribution in [3.05, 3.63) is 30.3 Å². The monoisotopic (exact) mass is 289 g/mol. The predicted molar refractivity (Wildman–Crippen MR) is 83.3 cm³/mol.